The van der Waals surface area contributed by atoms with Gasteiger partial charge in [-0.3, -0.25) is 0 Å². The number of aliphatic hydroxyl groups is 1. The van der Waals surface area contributed by atoms with Crippen molar-refractivity contribution < 1.29 is 14.6 Å². The van der Waals surface area contributed by atoms with Gasteiger partial charge in [0.1, 0.15) is 5.60 Å². The monoisotopic (exact) mass is 367 g/mol. The molecule has 5 heteroatoms. The third kappa shape index (κ3) is 5.89. The van der Waals surface area contributed by atoms with Gasteiger partial charge in [-0.15, -0.1) is 0 Å². The van der Waals surface area contributed by atoms with Crippen LogP contribution in [0.25, 0.3) is 0 Å². The molecule has 0 spiro atoms. The summed E-state index contributed by atoms with van der Waals surface area (Å²) < 4.78 is 5.57. The summed E-state index contributed by atoms with van der Waals surface area (Å²) in [4.78, 5) is 14.4. The first-order valence-corrected chi connectivity index (χ1v) is 9.50. The number of carbonyl (C=O) groups excluding carboxylic acids is 1. The summed E-state index contributed by atoms with van der Waals surface area (Å²) in [7, 11) is 0. The van der Waals surface area contributed by atoms with Gasteiger partial charge in [0.05, 0.1) is 6.10 Å². The summed E-state index contributed by atoms with van der Waals surface area (Å²) in [6.07, 6.45) is 2.59. The molecule has 0 aliphatic carbocycles. The predicted octanol–water partition coefficient (Wildman–Crippen LogP) is 5.19. The number of aliphatic hydroxyl groups excluding tert-OH is 1. The van der Waals surface area contributed by atoms with Crippen molar-refractivity contribution in [2.24, 2.45) is 5.92 Å². The average molecular weight is 368 g/mol. The number of amides is 1. The number of benzene rings is 1. The lowest BCUT2D eigenvalue weighted by Crippen LogP contribution is -2.48. The third-order valence-corrected chi connectivity index (χ3v) is 5.03. The minimum absolute atomic E-state index is 0.0146. The van der Waals surface area contributed by atoms with E-state index in [1.807, 2.05) is 32.9 Å². The Bertz CT molecular complexity index is 567. The van der Waals surface area contributed by atoms with Crippen LogP contribution in [0.1, 0.15) is 65.0 Å². The highest BCUT2D eigenvalue weighted by Crippen LogP contribution is 2.32. The standard InChI is InChI=1S/C20H30ClNO3/c1-5-14-10-11-22(19(24)25-20(2,3)4)17(12-14)13-18(23)15-6-8-16(21)9-7-15/h6-9,14,17-18,23H,5,10-13H2,1-4H3. The Morgan fingerprint density at radius 2 is 2.00 bits per heavy atom. The largest absolute Gasteiger partial charge is 0.444 e. The minimum Gasteiger partial charge on any atom is -0.444 e. The maximum Gasteiger partial charge on any atom is 0.410 e. The van der Waals surface area contributed by atoms with Gasteiger partial charge in [-0.2, -0.15) is 0 Å². The van der Waals surface area contributed by atoms with Crippen molar-refractivity contribution >= 4 is 17.7 Å². The Labute approximate surface area is 156 Å². The van der Waals surface area contributed by atoms with Gasteiger partial charge < -0.3 is 14.7 Å². The van der Waals surface area contributed by atoms with Crippen molar-refractivity contribution in [2.75, 3.05) is 6.54 Å². The number of hydrogen-bond donors (Lipinski definition) is 1. The molecule has 0 aromatic heterocycles. The Balaban J connectivity index is 2.10. The van der Waals surface area contributed by atoms with Gasteiger partial charge in [-0.1, -0.05) is 37.1 Å². The van der Waals surface area contributed by atoms with E-state index in [1.165, 1.54) is 0 Å². The molecule has 3 atom stereocenters. The van der Waals surface area contributed by atoms with Crippen LogP contribution >= 0.6 is 11.6 Å². The van der Waals surface area contributed by atoms with E-state index >= 15 is 0 Å². The highest BCUT2D eigenvalue weighted by atomic mass is 35.5. The molecule has 1 fully saturated rings. The van der Waals surface area contributed by atoms with Crippen LogP contribution in [-0.4, -0.2) is 34.3 Å². The van der Waals surface area contributed by atoms with E-state index in [0.29, 0.717) is 23.9 Å². The SMILES string of the molecule is CCC1CCN(C(=O)OC(C)(C)C)C(CC(O)c2ccc(Cl)cc2)C1. The van der Waals surface area contributed by atoms with Gasteiger partial charge in [0.25, 0.3) is 0 Å². The zero-order valence-electron chi connectivity index (χ0n) is 15.7. The molecule has 1 aliphatic rings. The van der Waals surface area contributed by atoms with Crippen molar-refractivity contribution in [3.8, 4) is 0 Å². The van der Waals surface area contributed by atoms with E-state index < -0.39 is 11.7 Å². The van der Waals surface area contributed by atoms with Crippen LogP contribution in [-0.2, 0) is 4.74 Å². The summed E-state index contributed by atoms with van der Waals surface area (Å²) in [6.45, 7) is 8.50. The lowest BCUT2D eigenvalue weighted by molar-refractivity contribution is -0.00415. The normalized spacial score (nSPS) is 22.6. The van der Waals surface area contributed by atoms with Gasteiger partial charge in [0.2, 0.25) is 0 Å². The molecule has 4 nitrogen and oxygen atoms in total. The highest BCUT2D eigenvalue weighted by molar-refractivity contribution is 6.30. The van der Waals surface area contributed by atoms with E-state index in [2.05, 4.69) is 6.92 Å². The number of carbonyl (C=O) groups is 1. The van der Waals surface area contributed by atoms with Crippen LogP contribution < -0.4 is 0 Å². The van der Waals surface area contributed by atoms with E-state index in [1.54, 1.807) is 17.0 Å². The first-order chi connectivity index (χ1) is 11.7. The molecule has 1 heterocycles. The van der Waals surface area contributed by atoms with E-state index in [4.69, 9.17) is 16.3 Å². The lowest BCUT2D eigenvalue weighted by Gasteiger charge is -2.40. The quantitative estimate of drug-likeness (QED) is 0.796. The fraction of sp³-hybridized carbons (Fsp3) is 0.650. The Hall–Kier alpha value is -1.26. The second-order valence-corrected chi connectivity index (χ2v) is 8.37. The zero-order chi connectivity index (χ0) is 18.6. The number of piperidine rings is 1. The average Bonchev–Trinajstić information content (AvgIpc) is 2.53. The van der Waals surface area contributed by atoms with Crippen LogP contribution in [0.3, 0.4) is 0 Å². The summed E-state index contributed by atoms with van der Waals surface area (Å²) in [5.74, 6) is 0.584. The molecule has 2 rings (SSSR count). The zero-order valence-corrected chi connectivity index (χ0v) is 16.4. The number of ether oxygens (including phenoxy) is 1. The molecule has 0 bridgehead atoms. The van der Waals surface area contributed by atoms with Crippen molar-refractivity contribution in [1.82, 2.24) is 4.90 Å². The fourth-order valence-corrected chi connectivity index (χ4v) is 3.49. The van der Waals surface area contributed by atoms with Gasteiger partial charge in [-0.25, -0.2) is 4.79 Å². The van der Waals surface area contributed by atoms with E-state index in [-0.39, 0.29) is 12.1 Å². The molecule has 3 unspecified atom stereocenters. The first kappa shape index (κ1) is 20.1. The van der Waals surface area contributed by atoms with E-state index in [0.717, 1.165) is 24.8 Å². The Morgan fingerprint density at radius 1 is 1.36 bits per heavy atom. The molecule has 1 aromatic rings. The van der Waals surface area contributed by atoms with Gasteiger partial charge in [0.15, 0.2) is 0 Å². The smallest absolute Gasteiger partial charge is 0.410 e. The van der Waals surface area contributed by atoms with Crippen molar-refractivity contribution in [3.63, 3.8) is 0 Å². The predicted molar refractivity (Wildman–Crippen MR) is 101 cm³/mol. The molecule has 1 N–H and O–H groups in total. The molecular formula is C20H30ClNO3. The maximum absolute atomic E-state index is 12.6. The van der Waals surface area contributed by atoms with Crippen molar-refractivity contribution in [2.45, 2.75) is 71.1 Å². The number of nitrogens with zero attached hydrogens (tertiary/aromatic N) is 1. The molecule has 25 heavy (non-hydrogen) atoms. The Morgan fingerprint density at radius 3 is 2.56 bits per heavy atom. The highest BCUT2D eigenvalue weighted by Gasteiger charge is 2.34. The molecule has 1 saturated heterocycles. The number of likely N-dealkylation sites (tertiary alicyclic amines) is 1. The topological polar surface area (TPSA) is 49.8 Å². The van der Waals surface area contributed by atoms with Crippen molar-refractivity contribution in [1.29, 1.82) is 0 Å². The lowest BCUT2D eigenvalue weighted by atomic mass is 9.86. The van der Waals surface area contributed by atoms with Crippen molar-refractivity contribution in [3.05, 3.63) is 34.9 Å². The minimum atomic E-state index is -0.622. The van der Waals surface area contributed by atoms with Gasteiger partial charge in [-0.05, 0) is 63.6 Å². The molecule has 1 amide bonds. The molecule has 140 valence electrons. The van der Waals surface area contributed by atoms with Gasteiger partial charge in [0, 0.05) is 17.6 Å². The van der Waals surface area contributed by atoms with Crippen LogP contribution in [0, 0.1) is 5.92 Å². The number of rotatable bonds is 4. The maximum atomic E-state index is 12.6. The molecule has 0 radical (unpaired) electrons. The third-order valence-electron chi connectivity index (χ3n) is 4.78. The Kier molecular flexibility index (Phi) is 6.75. The molecule has 0 saturated carbocycles. The van der Waals surface area contributed by atoms with Gasteiger partial charge >= 0.3 is 6.09 Å². The summed E-state index contributed by atoms with van der Waals surface area (Å²) in [5.41, 5.74) is 0.310. The van der Waals surface area contributed by atoms with Crippen LogP contribution in [0.2, 0.25) is 5.02 Å². The summed E-state index contributed by atoms with van der Waals surface area (Å²) in [5, 5.41) is 11.3. The molecule has 1 aromatic carbocycles. The fourth-order valence-electron chi connectivity index (χ4n) is 3.37. The summed E-state index contributed by atoms with van der Waals surface area (Å²) >= 11 is 5.92. The van der Waals surface area contributed by atoms with Crippen LogP contribution in [0.4, 0.5) is 4.79 Å². The van der Waals surface area contributed by atoms with Crippen LogP contribution in [0.5, 0.6) is 0 Å². The summed E-state index contributed by atoms with van der Waals surface area (Å²) in [6, 6.07) is 7.22. The molecule has 1 aliphatic heterocycles. The second kappa shape index (κ2) is 8.41. The first-order valence-electron chi connectivity index (χ1n) is 9.12. The molecular weight excluding hydrogens is 338 g/mol. The number of hydrogen-bond acceptors (Lipinski definition) is 3. The van der Waals surface area contributed by atoms with Crippen LogP contribution in [0.15, 0.2) is 24.3 Å². The number of halogens is 1. The second-order valence-electron chi connectivity index (χ2n) is 7.93. The van der Waals surface area contributed by atoms with E-state index in [9.17, 15) is 9.90 Å².